The SMILES string of the molecule is Cc1noc(-c2ccc(C(=O)OCC(=O)/C=C3/N(C)c4ccccc4C3(C)C)cc2)n1. The van der Waals surface area contributed by atoms with Crippen LogP contribution in [0.3, 0.4) is 0 Å². The molecular weight excluding hydrogens is 394 g/mol. The first-order valence-corrected chi connectivity index (χ1v) is 9.93. The van der Waals surface area contributed by atoms with E-state index in [1.807, 2.05) is 30.1 Å². The first-order chi connectivity index (χ1) is 14.8. The molecule has 0 fully saturated rings. The van der Waals surface area contributed by atoms with Crippen LogP contribution in [0.2, 0.25) is 0 Å². The van der Waals surface area contributed by atoms with Gasteiger partial charge in [0.2, 0.25) is 0 Å². The second-order valence-electron chi connectivity index (χ2n) is 8.00. The van der Waals surface area contributed by atoms with E-state index in [4.69, 9.17) is 9.26 Å². The molecule has 3 aromatic rings. The molecule has 0 saturated carbocycles. The third-order valence-corrected chi connectivity index (χ3v) is 5.48. The lowest BCUT2D eigenvalue weighted by Crippen LogP contribution is -2.25. The van der Waals surface area contributed by atoms with Crippen molar-refractivity contribution in [3.63, 3.8) is 0 Å². The second-order valence-corrected chi connectivity index (χ2v) is 8.00. The number of carbonyl (C=O) groups excluding carboxylic acids is 2. The number of allylic oxidation sites excluding steroid dienone is 1. The van der Waals surface area contributed by atoms with Crippen LogP contribution in [0.15, 0.2) is 64.8 Å². The number of aryl methyl sites for hydroxylation is 1. The molecule has 0 N–H and O–H groups in total. The summed E-state index contributed by atoms with van der Waals surface area (Å²) >= 11 is 0. The van der Waals surface area contributed by atoms with E-state index in [0.717, 1.165) is 16.9 Å². The molecule has 0 bridgehead atoms. The Morgan fingerprint density at radius 2 is 1.84 bits per heavy atom. The molecular formula is C24H23N3O4. The van der Waals surface area contributed by atoms with E-state index >= 15 is 0 Å². The number of likely N-dealkylation sites (N-methyl/N-ethyl adjacent to an activating group) is 1. The largest absolute Gasteiger partial charge is 0.454 e. The van der Waals surface area contributed by atoms with Gasteiger partial charge in [-0.05, 0) is 42.8 Å². The summed E-state index contributed by atoms with van der Waals surface area (Å²) in [5.74, 6) is 0.0742. The van der Waals surface area contributed by atoms with Crippen LogP contribution in [0.5, 0.6) is 0 Å². The van der Waals surface area contributed by atoms with Gasteiger partial charge >= 0.3 is 5.97 Å². The molecule has 0 spiro atoms. The summed E-state index contributed by atoms with van der Waals surface area (Å²) < 4.78 is 10.3. The van der Waals surface area contributed by atoms with E-state index in [9.17, 15) is 9.59 Å². The molecule has 1 aliphatic rings. The first-order valence-electron chi connectivity index (χ1n) is 9.93. The molecule has 0 atom stereocenters. The fourth-order valence-corrected chi connectivity index (χ4v) is 3.84. The number of aromatic nitrogens is 2. The minimum absolute atomic E-state index is 0.269. The molecule has 0 aliphatic carbocycles. The number of carbonyl (C=O) groups is 2. The van der Waals surface area contributed by atoms with Crippen LogP contribution >= 0.6 is 0 Å². The van der Waals surface area contributed by atoms with Crippen molar-refractivity contribution >= 4 is 17.4 Å². The number of benzene rings is 2. The molecule has 1 aromatic heterocycles. The lowest BCUT2D eigenvalue weighted by atomic mass is 9.83. The lowest BCUT2D eigenvalue weighted by Gasteiger charge is -2.23. The number of nitrogens with zero attached hydrogens (tertiary/aromatic N) is 3. The van der Waals surface area contributed by atoms with Gasteiger partial charge in [0.1, 0.15) is 0 Å². The summed E-state index contributed by atoms with van der Waals surface area (Å²) in [7, 11) is 1.94. The van der Waals surface area contributed by atoms with Crippen molar-refractivity contribution < 1.29 is 18.8 Å². The molecule has 0 amide bonds. The quantitative estimate of drug-likeness (QED) is 0.457. The summed E-state index contributed by atoms with van der Waals surface area (Å²) in [6.45, 7) is 5.56. The molecule has 0 unspecified atom stereocenters. The van der Waals surface area contributed by atoms with Crippen molar-refractivity contribution in [1.82, 2.24) is 10.1 Å². The van der Waals surface area contributed by atoms with Crippen LogP contribution < -0.4 is 4.90 Å². The number of fused-ring (bicyclic) bond motifs is 1. The molecule has 158 valence electrons. The number of ether oxygens (including phenoxy) is 1. The molecule has 7 heteroatoms. The van der Waals surface area contributed by atoms with Gasteiger partial charge in [0.05, 0.1) is 5.56 Å². The fraction of sp³-hybridized carbons (Fsp3) is 0.250. The summed E-state index contributed by atoms with van der Waals surface area (Å²) in [5.41, 5.74) is 3.82. The van der Waals surface area contributed by atoms with Crippen molar-refractivity contribution in [2.75, 3.05) is 18.6 Å². The lowest BCUT2D eigenvalue weighted by molar-refractivity contribution is -0.117. The maximum absolute atomic E-state index is 12.6. The molecule has 7 nitrogen and oxygen atoms in total. The average molecular weight is 417 g/mol. The highest BCUT2D eigenvalue weighted by Crippen LogP contribution is 2.46. The number of hydrogen-bond donors (Lipinski definition) is 0. The Labute approximate surface area is 180 Å². The Hall–Kier alpha value is -3.74. The van der Waals surface area contributed by atoms with Crippen LogP contribution in [-0.4, -0.2) is 35.5 Å². The highest BCUT2D eigenvalue weighted by molar-refractivity contribution is 5.96. The van der Waals surface area contributed by atoms with E-state index in [1.165, 1.54) is 0 Å². The summed E-state index contributed by atoms with van der Waals surface area (Å²) in [6.07, 6.45) is 1.56. The van der Waals surface area contributed by atoms with E-state index in [0.29, 0.717) is 22.8 Å². The average Bonchev–Trinajstić information content (AvgIpc) is 3.28. The molecule has 2 heterocycles. The smallest absolute Gasteiger partial charge is 0.338 e. The highest BCUT2D eigenvalue weighted by Gasteiger charge is 2.38. The molecule has 4 rings (SSSR count). The van der Waals surface area contributed by atoms with E-state index in [-0.39, 0.29) is 17.8 Å². The zero-order valence-corrected chi connectivity index (χ0v) is 17.9. The second kappa shape index (κ2) is 7.83. The molecule has 0 saturated heterocycles. The van der Waals surface area contributed by atoms with Gasteiger partial charge in [-0.3, -0.25) is 4.79 Å². The van der Waals surface area contributed by atoms with E-state index in [2.05, 4.69) is 30.1 Å². The van der Waals surface area contributed by atoms with Crippen molar-refractivity contribution in [3.05, 3.63) is 77.3 Å². The van der Waals surface area contributed by atoms with Gasteiger partial charge in [-0.2, -0.15) is 4.98 Å². The Kier molecular flexibility index (Phi) is 5.19. The minimum atomic E-state index is -0.567. The Balaban J connectivity index is 1.41. The van der Waals surface area contributed by atoms with Crippen LogP contribution in [0.1, 0.15) is 35.6 Å². The van der Waals surface area contributed by atoms with Gasteiger partial charge in [0.25, 0.3) is 5.89 Å². The Bertz CT molecular complexity index is 1180. The maximum atomic E-state index is 12.6. The summed E-state index contributed by atoms with van der Waals surface area (Å²) in [6, 6.07) is 14.7. The normalized spacial score (nSPS) is 15.7. The van der Waals surface area contributed by atoms with Crippen molar-refractivity contribution in [2.45, 2.75) is 26.2 Å². The molecule has 2 aromatic carbocycles. The Morgan fingerprint density at radius 3 is 2.48 bits per heavy atom. The zero-order valence-electron chi connectivity index (χ0n) is 17.9. The first kappa shape index (κ1) is 20.5. The number of ketones is 1. The minimum Gasteiger partial charge on any atom is -0.454 e. The number of anilines is 1. The van der Waals surface area contributed by atoms with Crippen molar-refractivity contribution in [3.8, 4) is 11.5 Å². The number of esters is 1. The third-order valence-electron chi connectivity index (χ3n) is 5.48. The number of para-hydroxylation sites is 1. The zero-order chi connectivity index (χ0) is 22.2. The molecule has 0 radical (unpaired) electrons. The van der Waals surface area contributed by atoms with E-state index in [1.54, 1.807) is 37.3 Å². The van der Waals surface area contributed by atoms with Gasteiger partial charge in [0.15, 0.2) is 18.2 Å². The van der Waals surface area contributed by atoms with Crippen LogP contribution in [0, 0.1) is 6.92 Å². The summed E-state index contributed by atoms with van der Waals surface area (Å²) in [4.78, 5) is 31.1. The fourth-order valence-electron chi connectivity index (χ4n) is 3.84. The van der Waals surface area contributed by atoms with Gasteiger partial charge in [-0.1, -0.05) is 37.2 Å². The van der Waals surface area contributed by atoms with Gasteiger partial charge in [-0.25, -0.2) is 4.79 Å². The van der Waals surface area contributed by atoms with Crippen molar-refractivity contribution in [1.29, 1.82) is 0 Å². The third kappa shape index (κ3) is 3.86. The van der Waals surface area contributed by atoms with Crippen LogP contribution in [0.4, 0.5) is 5.69 Å². The van der Waals surface area contributed by atoms with Gasteiger partial charge < -0.3 is 14.2 Å². The van der Waals surface area contributed by atoms with Crippen LogP contribution in [0.25, 0.3) is 11.5 Å². The van der Waals surface area contributed by atoms with Crippen LogP contribution in [-0.2, 0) is 14.9 Å². The van der Waals surface area contributed by atoms with E-state index < -0.39 is 5.97 Å². The summed E-state index contributed by atoms with van der Waals surface area (Å²) in [5, 5.41) is 3.75. The molecule has 31 heavy (non-hydrogen) atoms. The molecule has 1 aliphatic heterocycles. The predicted molar refractivity (Wildman–Crippen MR) is 116 cm³/mol. The van der Waals surface area contributed by atoms with Gasteiger partial charge in [0, 0.05) is 35.5 Å². The monoisotopic (exact) mass is 417 g/mol. The maximum Gasteiger partial charge on any atom is 0.338 e. The predicted octanol–water partition coefficient (Wildman–Crippen LogP) is 4.08. The topological polar surface area (TPSA) is 85.5 Å². The standard InChI is InChI=1S/C24H23N3O4/c1-15-25-22(31-26-15)16-9-11-17(12-10-16)23(29)30-14-18(28)13-21-24(2,3)19-7-5-6-8-20(19)27(21)4/h5-13H,14H2,1-4H3/b21-13+. The van der Waals surface area contributed by atoms with Crippen molar-refractivity contribution in [2.24, 2.45) is 0 Å². The number of hydrogen-bond acceptors (Lipinski definition) is 7. The number of rotatable bonds is 5. The Morgan fingerprint density at radius 1 is 1.13 bits per heavy atom. The highest BCUT2D eigenvalue weighted by atomic mass is 16.5. The van der Waals surface area contributed by atoms with Gasteiger partial charge in [-0.15, -0.1) is 0 Å².